The second-order valence-corrected chi connectivity index (χ2v) is 3.22. The van der Waals surface area contributed by atoms with E-state index in [1.54, 1.807) is 28.5 Å². The predicted molar refractivity (Wildman–Crippen MR) is 72.6 cm³/mol. The molecule has 96 valence electrons. The van der Waals surface area contributed by atoms with E-state index in [9.17, 15) is 4.79 Å². The Labute approximate surface area is 103 Å². The van der Waals surface area contributed by atoms with Gasteiger partial charge in [0.1, 0.15) is 5.52 Å². The zero-order valence-electron chi connectivity index (χ0n) is 11.9. The van der Waals surface area contributed by atoms with E-state index in [0.29, 0.717) is 5.52 Å². The molecule has 0 radical (unpaired) electrons. The first-order valence-electron chi connectivity index (χ1n) is 6.12. The fourth-order valence-electron chi connectivity index (χ4n) is 1.39. The molecule has 0 aliphatic rings. The zero-order valence-corrected chi connectivity index (χ0v) is 11.9. The molecule has 0 aromatic carbocycles. The zero-order chi connectivity index (χ0) is 13.6. The third-order valence-electron chi connectivity index (χ3n) is 2.34. The minimum Gasteiger partial charge on any atom is -0.315 e. The summed E-state index contributed by atoms with van der Waals surface area (Å²) in [6.07, 6.45) is 3.50. The molecule has 0 unspecified atom stereocenters. The molecule has 0 saturated carbocycles. The monoisotopic (exact) mass is 237 g/mol. The van der Waals surface area contributed by atoms with Crippen molar-refractivity contribution >= 4 is 5.52 Å². The maximum absolute atomic E-state index is 11.7. The Hall–Kier alpha value is -1.58. The minimum atomic E-state index is 0.000556. The van der Waals surface area contributed by atoms with Crippen molar-refractivity contribution in [3.05, 3.63) is 34.0 Å². The first-order chi connectivity index (χ1) is 8.11. The molecule has 2 aromatic rings. The summed E-state index contributed by atoms with van der Waals surface area (Å²) in [5, 5.41) is 4.22. The molecule has 0 amide bonds. The minimum absolute atomic E-state index is 0.000556. The molecule has 2 rings (SSSR count). The average Bonchev–Trinajstić information content (AvgIpc) is 2.66. The second-order valence-electron chi connectivity index (χ2n) is 3.22. The van der Waals surface area contributed by atoms with Crippen molar-refractivity contribution in [2.75, 3.05) is 0 Å². The van der Waals surface area contributed by atoms with Crippen LogP contribution in [-0.2, 0) is 7.05 Å². The first kappa shape index (κ1) is 15.4. The summed E-state index contributed by atoms with van der Waals surface area (Å²) in [4.78, 5) is 11.7. The van der Waals surface area contributed by atoms with Crippen LogP contribution < -0.4 is 5.56 Å². The number of hydrogen-bond donors (Lipinski definition) is 0. The van der Waals surface area contributed by atoms with Crippen LogP contribution in [0, 0.1) is 13.8 Å². The Morgan fingerprint density at radius 3 is 2.12 bits per heavy atom. The summed E-state index contributed by atoms with van der Waals surface area (Å²) in [6, 6.07) is 0. The first-order valence-corrected chi connectivity index (χ1v) is 6.12. The van der Waals surface area contributed by atoms with Crippen LogP contribution in [0.4, 0.5) is 0 Å². The van der Waals surface area contributed by atoms with Gasteiger partial charge in [0.05, 0.1) is 5.69 Å². The standard InChI is InChI=1S/C9H11N3O.2C2H6/c1-6-7(2)10-12-5-4-11(3)9(13)8(6)12;2*1-2/h4-5H,1-3H3;2*1-2H3. The summed E-state index contributed by atoms with van der Waals surface area (Å²) in [7, 11) is 1.74. The normalized spacial score (nSPS) is 9.12. The molecule has 0 fully saturated rings. The lowest BCUT2D eigenvalue weighted by atomic mass is 10.2. The Balaban J connectivity index is 0.000000581. The van der Waals surface area contributed by atoms with Crippen LogP contribution in [0.2, 0.25) is 0 Å². The molecule has 17 heavy (non-hydrogen) atoms. The SMILES string of the molecule is CC.CC.Cc1nn2ccn(C)c(=O)c2c1C. The maximum Gasteiger partial charge on any atom is 0.276 e. The van der Waals surface area contributed by atoms with E-state index in [0.717, 1.165) is 11.3 Å². The van der Waals surface area contributed by atoms with Crippen molar-refractivity contribution in [1.29, 1.82) is 0 Å². The van der Waals surface area contributed by atoms with Gasteiger partial charge in [-0.1, -0.05) is 27.7 Å². The highest BCUT2D eigenvalue weighted by molar-refractivity contribution is 5.53. The van der Waals surface area contributed by atoms with Crippen molar-refractivity contribution in [3.63, 3.8) is 0 Å². The Bertz CT molecular complexity index is 523. The maximum atomic E-state index is 11.7. The fourth-order valence-corrected chi connectivity index (χ4v) is 1.39. The van der Waals surface area contributed by atoms with E-state index < -0.39 is 0 Å². The lowest BCUT2D eigenvalue weighted by Gasteiger charge is -1.97. The van der Waals surface area contributed by atoms with E-state index in [-0.39, 0.29) is 5.56 Å². The lowest BCUT2D eigenvalue weighted by molar-refractivity contribution is 0.816. The van der Waals surface area contributed by atoms with Gasteiger partial charge in [0, 0.05) is 25.0 Å². The third kappa shape index (κ3) is 2.96. The van der Waals surface area contributed by atoms with Gasteiger partial charge in [0.15, 0.2) is 0 Å². The molecule has 2 aromatic heterocycles. The fraction of sp³-hybridized carbons (Fsp3) is 0.538. The molecule has 0 aliphatic heterocycles. The van der Waals surface area contributed by atoms with Crippen LogP contribution >= 0.6 is 0 Å². The molecule has 0 atom stereocenters. The largest absolute Gasteiger partial charge is 0.315 e. The Morgan fingerprint density at radius 2 is 1.59 bits per heavy atom. The molecular weight excluding hydrogens is 214 g/mol. The van der Waals surface area contributed by atoms with E-state index in [1.165, 1.54) is 0 Å². The van der Waals surface area contributed by atoms with Crippen LogP contribution in [0.1, 0.15) is 39.0 Å². The summed E-state index contributed by atoms with van der Waals surface area (Å²) >= 11 is 0. The van der Waals surface area contributed by atoms with Gasteiger partial charge in [-0.25, -0.2) is 4.52 Å². The van der Waals surface area contributed by atoms with Gasteiger partial charge in [-0.3, -0.25) is 4.79 Å². The van der Waals surface area contributed by atoms with Crippen molar-refractivity contribution in [2.45, 2.75) is 41.5 Å². The Morgan fingerprint density at radius 1 is 1.06 bits per heavy atom. The van der Waals surface area contributed by atoms with E-state index in [2.05, 4.69) is 5.10 Å². The van der Waals surface area contributed by atoms with Gasteiger partial charge >= 0.3 is 0 Å². The van der Waals surface area contributed by atoms with Crippen LogP contribution in [0.3, 0.4) is 0 Å². The third-order valence-corrected chi connectivity index (χ3v) is 2.34. The summed E-state index contributed by atoms with van der Waals surface area (Å²) in [5.74, 6) is 0. The highest BCUT2D eigenvalue weighted by Crippen LogP contribution is 2.08. The quantitative estimate of drug-likeness (QED) is 0.706. The molecule has 0 bridgehead atoms. The molecule has 4 heteroatoms. The number of nitrogens with zero attached hydrogens (tertiary/aromatic N) is 3. The average molecular weight is 237 g/mol. The predicted octanol–water partition coefficient (Wildman–Crippen LogP) is 2.70. The molecule has 0 spiro atoms. The summed E-state index contributed by atoms with van der Waals surface area (Å²) in [6.45, 7) is 11.8. The van der Waals surface area contributed by atoms with Crippen molar-refractivity contribution < 1.29 is 0 Å². The summed E-state index contributed by atoms with van der Waals surface area (Å²) in [5.41, 5.74) is 2.53. The van der Waals surface area contributed by atoms with Gasteiger partial charge < -0.3 is 4.57 Å². The smallest absolute Gasteiger partial charge is 0.276 e. The van der Waals surface area contributed by atoms with Gasteiger partial charge in [0.25, 0.3) is 5.56 Å². The van der Waals surface area contributed by atoms with E-state index in [1.807, 2.05) is 41.5 Å². The number of aromatic nitrogens is 3. The molecule has 2 heterocycles. The van der Waals surface area contributed by atoms with Gasteiger partial charge in [-0.05, 0) is 13.8 Å². The highest BCUT2D eigenvalue weighted by Gasteiger charge is 2.08. The number of hydrogen-bond acceptors (Lipinski definition) is 2. The van der Waals surface area contributed by atoms with Gasteiger partial charge in [-0.2, -0.15) is 5.10 Å². The van der Waals surface area contributed by atoms with Crippen LogP contribution in [0.15, 0.2) is 17.2 Å². The number of rotatable bonds is 0. The highest BCUT2D eigenvalue weighted by atomic mass is 16.1. The van der Waals surface area contributed by atoms with Crippen LogP contribution in [0.5, 0.6) is 0 Å². The molecular formula is C13H23N3O. The Kier molecular flexibility index (Phi) is 6.25. The molecule has 0 aliphatic carbocycles. The van der Waals surface area contributed by atoms with Crippen molar-refractivity contribution in [1.82, 2.24) is 14.2 Å². The van der Waals surface area contributed by atoms with E-state index >= 15 is 0 Å². The molecule has 0 saturated heterocycles. The van der Waals surface area contributed by atoms with Crippen molar-refractivity contribution in [2.24, 2.45) is 7.05 Å². The van der Waals surface area contributed by atoms with Gasteiger partial charge in [0.2, 0.25) is 0 Å². The van der Waals surface area contributed by atoms with E-state index in [4.69, 9.17) is 0 Å². The number of fused-ring (bicyclic) bond motifs is 1. The number of aryl methyl sites for hydroxylation is 3. The van der Waals surface area contributed by atoms with Gasteiger partial charge in [-0.15, -0.1) is 0 Å². The van der Waals surface area contributed by atoms with Crippen molar-refractivity contribution in [3.8, 4) is 0 Å². The lowest BCUT2D eigenvalue weighted by Crippen LogP contribution is -2.18. The topological polar surface area (TPSA) is 39.3 Å². The van der Waals surface area contributed by atoms with Crippen LogP contribution in [0.25, 0.3) is 5.52 Å². The van der Waals surface area contributed by atoms with Crippen LogP contribution in [-0.4, -0.2) is 14.2 Å². The second kappa shape index (κ2) is 6.89. The summed E-state index contributed by atoms with van der Waals surface area (Å²) < 4.78 is 3.19. The molecule has 0 N–H and O–H groups in total. The molecule has 4 nitrogen and oxygen atoms in total.